The number of nitrogens with zero attached hydrogens (tertiary/aromatic N) is 1. The maximum absolute atomic E-state index is 13.4. The molecular formula is C24H24N2O3. The minimum absolute atomic E-state index is 0.0869. The Kier molecular flexibility index (Phi) is 4.97. The molecule has 0 saturated carbocycles. The molecule has 3 aromatic rings. The molecule has 1 aliphatic rings. The van der Waals surface area contributed by atoms with Gasteiger partial charge in [-0.05, 0) is 46.5 Å². The van der Waals surface area contributed by atoms with Crippen molar-refractivity contribution >= 4 is 22.6 Å². The van der Waals surface area contributed by atoms with Crippen LogP contribution >= 0.6 is 0 Å². The number of benzene rings is 3. The molecule has 1 heterocycles. The topological polar surface area (TPSA) is 72.6 Å². The van der Waals surface area contributed by atoms with Gasteiger partial charge in [0.1, 0.15) is 11.8 Å². The van der Waals surface area contributed by atoms with Crippen LogP contribution in [0.5, 0.6) is 5.75 Å². The van der Waals surface area contributed by atoms with E-state index in [1.54, 1.807) is 12.0 Å². The van der Waals surface area contributed by atoms with Gasteiger partial charge in [-0.25, -0.2) is 0 Å². The van der Waals surface area contributed by atoms with Gasteiger partial charge in [-0.15, -0.1) is 0 Å². The Hall–Kier alpha value is -3.34. The first-order valence-corrected chi connectivity index (χ1v) is 9.72. The lowest BCUT2D eigenvalue weighted by Gasteiger charge is -2.36. The Morgan fingerprint density at radius 3 is 2.45 bits per heavy atom. The monoisotopic (exact) mass is 388 g/mol. The smallest absolute Gasteiger partial charge is 0.240 e. The third-order valence-electron chi connectivity index (χ3n) is 5.80. The lowest BCUT2D eigenvalue weighted by atomic mass is 9.90. The highest BCUT2D eigenvalue weighted by Crippen LogP contribution is 2.30. The van der Waals surface area contributed by atoms with Crippen molar-refractivity contribution in [2.75, 3.05) is 7.11 Å². The molecule has 2 atom stereocenters. The predicted molar refractivity (Wildman–Crippen MR) is 113 cm³/mol. The van der Waals surface area contributed by atoms with Crippen molar-refractivity contribution in [3.63, 3.8) is 0 Å². The number of hydrogen-bond acceptors (Lipinski definition) is 3. The Morgan fingerprint density at radius 2 is 1.72 bits per heavy atom. The van der Waals surface area contributed by atoms with E-state index in [9.17, 15) is 9.59 Å². The molecule has 0 spiro atoms. The minimum atomic E-state index is -0.621. The molecule has 5 heteroatoms. The molecule has 5 nitrogen and oxygen atoms in total. The van der Waals surface area contributed by atoms with Crippen LogP contribution in [0.4, 0.5) is 0 Å². The van der Waals surface area contributed by atoms with E-state index in [0.717, 1.165) is 33.2 Å². The highest BCUT2D eigenvalue weighted by molar-refractivity contribution is 5.92. The molecule has 4 rings (SSSR count). The lowest BCUT2D eigenvalue weighted by Crippen LogP contribution is -2.52. The zero-order chi connectivity index (χ0) is 20.5. The number of rotatable bonds is 4. The zero-order valence-electron chi connectivity index (χ0n) is 16.6. The van der Waals surface area contributed by atoms with Gasteiger partial charge in [0.25, 0.3) is 0 Å². The molecule has 0 fully saturated rings. The molecule has 0 aromatic heterocycles. The van der Waals surface area contributed by atoms with Crippen LogP contribution in [0.15, 0.2) is 60.7 Å². The molecule has 0 aliphatic carbocycles. The zero-order valence-corrected chi connectivity index (χ0v) is 16.6. The molecule has 148 valence electrons. The SMILES string of the molecule is COc1ccc2cc([C@@H](C)C(=O)N3Cc4ccccc4C[C@H]3C(N)=O)ccc2c1. The van der Waals surface area contributed by atoms with Crippen molar-refractivity contribution in [2.24, 2.45) is 5.73 Å². The van der Waals surface area contributed by atoms with Gasteiger partial charge < -0.3 is 15.4 Å². The fourth-order valence-corrected chi connectivity index (χ4v) is 4.04. The molecule has 29 heavy (non-hydrogen) atoms. The van der Waals surface area contributed by atoms with E-state index >= 15 is 0 Å². The van der Waals surface area contributed by atoms with Gasteiger partial charge in [0.05, 0.1) is 13.0 Å². The summed E-state index contributed by atoms with van der Waals surface area (Å²) in [7, 11) is 1.64. The summed E-state index contributed by atoms with van der Waals surface area (Å²) in [5, 5.41) is 2.09. The van der Waals surface area contributed by atoms with E-state index in [-0.39, 0.29) is 11.8 Å². The summed E-state index contributed by atoms with van der Waals surface area (Å²) < 4.78 is 5.28. The van der Waals surface area contributed by atoms with Gasteiger partial charge in [0, 0.05) is 13.0 Å². The first-order chi connectivity index (χ1) is 14.0. The van der Waals surface area contributed by atoms with Crippen LogP contribution in [0.25, 0.3) is 10.8 Å². The van der Waals surface area contributed by atoms with E-state index in [4.69, 9.17) is 10.5 Å². The highest BCUT2D eigenvalue weighted by atomic mass is 16.5. The molecule has 0 bridgehead atoms. The summed E-state index contributed by atoms with van der Waals surface area (Å²) in [6.45, 7) is 2.28. The van der Waals surface area contributed by atoms with Crippen LogP contribution in [-0.2, 0) is 22.6 Å². The minimum Gasteiger partial charge on any atom is -0.497 e. The molecule has 0 saturated heterocycles. The van der Waals surface area contributed by atoms with Crippen LogP contribution in [0.1, 0.15) is 29.5 Å². The third-order valence-corrected chi connectivity index (χ3v) is 5.80. The summed E-state index contributed by atoms with van der Waals surface area (Å²) >= 11 is 0. The Bertz CT molecular complexity index is 1090. The number of nitrogens with two attached hydrogens (primary N) is 1. The summed E-state index contributed by atoms with van der Waals surface area (Å²) in [4.78, 5) is 27.1. The number of hydrogen-bond donors (Lipinski definition) is 1. The number of methoxy groups -OCH3 is 1. The van der Waals surface area contributed by atoms with Crippen molar-refractivity contribution in [2.45, 2.75) is 31.8 Å². The van der Waals surface area contributed by atoms with Crippen LogP contribution in [0.2, 0.25) is 0 Å². The van der Waals surface area contributed by atoms with Gasteiger partial charge in [-0.3, -0.25) is 9.59 Å². The van der Waals surface area contributed by atoms with Crippen molar-refractivity contribution in [3.8, 4) is 5.75 Å². The maximum atomic E-state index is 13.4. The molecule has 0 unspecified atom stereocenters. The van der Waals surface area contributed by atoms with Crippen molar-refractivity contribution in [1.82, 2.24) is 4.90 Å². The fourth-order valence-electron chi connectivity index (χ4n) is 4.04. The van der Waals surface area contributed by atoms with E-state index in [0.29, 0.717) is 13.0 Å². The van der Waals surface area contributed by atoms with Crippen LogP contribution < -0.4 is 10.5 Å². The number of fused-ring (bicyclic) bond motifs is 2. The van der Waals surface area contributed by atoms with Gasteiger partial charge >= 0.3 is 0 Å². The van der Waals surface area contributed by atoms with Crippen LogP contribution in [0, 0.1) is 0 Å². The van der Waals surface area contributed by atoms with Crippen molar-refractivity contribution in [3.05, 3.63) is 77.4 Å². The fraction of sp³-hybridized carbons (Fsp3) is 0.250. The normalized spacial score (nSPS) is 16.9. The van der Waals surface area contributed by atoms with Crippen LogP contribution in [0.3, 0.4) is 0 Å². The summed E-state index contributed by atoms with van der Waals surface area (Å²) in [5.41, 5.74) is 8.70. The summed E-state index contributed by atoms with van der Waals surface area (Å²) in [6, 6.07) is 19.1. The highest BCUT2D eigenvalue weighted by Gasteiger charge is 2.35. The second kappa shape index (κ2) is 7.59. The van der Waals surface area contributed by atoms with Gasteiger partial charge in [-0.2, -0.15) is 0 Å². The number of carbonyl (C=O) groups is 2. The average molecular weight is 388 g/mol. The van der Waals surface area contributed by atoms with E-state index in [1.807, 2.05) is 67.6 Å². The molecule has 0 radical (unpaired) electrons. The second-order valence-corrected chi connectivity index (χ2v) is 7.55. The Balaban J connectivity index is 1.64. The number of amides is 2. The maximum Gasteiger partial charge on any atom is 0.240 e. The Labute approximate surface area is 170 Å². The standard InChI is InChI=1S/C24H24N2O3/c1-15(16-7-8-19-12-21(29-2)10-9-18(19)11-16)24(28)26-14-20-6-4-3-5-17(20)13-22(26)23(25)27/h3-12,15,22H,13-14H2,1-2H3,(H2,25,27)/t15-,22+/m1/s1. The van der Waals surface area contributed by atoms with Gasteiger partial charge in [0.2, 0.25) is 11.8 Å². The molecule has 1 aliphatic heterocycles. The second-order valence-electron chi connectivity index (χ2n) is 7.55. The van der Waals surface area contributed by atoms with Gasteiger partial charge in [0.15, 0.2) is 0 Å². The molecule has 2 N–H and O–H groups in total. The van der Waals surface area contributed by atoms with Crippen LogP contribution in [-0.4, -0.2) is 29.9 Å². The molecular weight excluding hydrogens is 364 g/mol. The largest absolute Gasteiger partial charge is 0.497 e. The predicted octanol–water partition coefficient (Wildman–Crippen LogP) is 3.39. The lowest BCUT2D eigenvalue weighted by molar-refractivity contribution is -0.141. The van der Waals surface area contributed by atoms with E-state index in [1.165, 1.54) is 0 Å². The van der Waals surface area contributed by atoms with Gasteiger partial charge in [-0.1, -0.05) is 48.5 Å². The average Bonchev–Trinajstić information content (AvgIpc) is 2.76. The summed E-state index contributed by atoms with van der Waals surface area (Å²) in [6.07, 6.45) is 0.460. The third kappa shape index (κ3) is 3.56. The van der Waals surface area contributed by atoms with E-state index in [2.05, 4.69) is 0 Å². The molecule has 2 amide bonds. The quantitative estimate of drug-likeness (QED) is 0.745. The first-order valence-electron chi connectivity index (χ1n) is 9.72. The number of carbonyl (C=O) groups excluding carboxylic acids is 2. The number of ether oxygens (including phenoxy) is 1. The van der Waals surface area contributed by atoms with Crippen molar-refractivity contribution in [1.29, 1.82) is 0 Å². The first kappa shape index (κ1) is 19.0. The van der Waals surface area contributed by atoms with Crippen molar-refractivity contribution < 1.29 is 14.3 Å². The summed E-state index contributed by atoms with van der Waals surface area (Å²) in [5.74, 6) is -0.138. The molecule has 3 aromatic carbocycles. The Morgan fingerprint density at radius 1 is 1.03 bits per heavy atom. The number of primary amides is 1. The van der Waals surface area contributed by atoms with E-state index < -0.39 is 11.9 Å².